The molecule has 0 saturated heterocycles. The van der Waals surface area contributed by atoms with Crippen LogP contribution in [0.5, 0.6) is 0 Å². The quantitative estimate of drug-likeness (QED) is 0.495. The van der Waals surface area contributed by atoms with Crippen molar-refractivity contribution in [2.45, 2.75) is 33.0 Å². The Morgan fingerprint density at radius 1 is 1.10 bits per heavy atom. The van der Waals surface area contributed by atoms with Crippen molar-refractivity contribution in [3.05, 3.63) is 0 Å². The Kier molecular flexibility index (Phi) is 7.37. The number of hydrogen-bond acceptors (Lipinski definition) is 6. The first-order valence-electron chi connectivity index (χ1n) is 6.22. The fourth-order valence-electron chi connectivity index (χ4n) is 1.70. The van der Waals surface area contributed by atoms with Gasteiger partial charge < -0.3 is 24.0 Å². The molecule has 0 aliphatic rings. The molecule has 0 bridgehead atoms. The number of carbonyl (C=O) groups excluding carboxylic acids is 2. The van der Waals surface area contributed by atoms with E-state index in [0.717, 1.165) is 6.92 Å². The van der Waals surface area contributed by atoms with Crippen molar-refractivity contribution in [3.63, 3.8) is 0 Å². The molecule has 8 nitrogen and oxygen atoms in total. The van der Waals surface area contributed by atoms with Crippen LogP contribution in [-0.4, -0.2) is 46.9 Å². The normalized spacial score (nSPS) is 16.1. The number of hydrogen-bond donors (Lipinski definition) is 2. The Hall–Kier alpha value is -0.950. The van der Waals surface area contributed by atoms with Crippen LogP contribution in [0.15, 0.2) is 0 Å². The van der Waals surface area contributed by atoms with Crippen molar-refractivity contribution < 1.29 is 38.2 Å². The first kappa shape index (κ1) is 19.1. The minimum Gasteiger partial charge on any atom is -0.466 e. The fourth-order valence-corrected chi connectivity index (χ4v) is 2.91. The van der Waals surface area contributed by atoms with Gasteiger partial charge in [0.05, 0.1) is 13.2 Å². The summed E-state index contributed by atoms with van der Waals surface area (Å²) < 4.78 is 26.2. The maximum atomic E-state index is 12.0. The summed E-state index contributed by atoms with van der Waals surface area (Å²) >= 11 is 0. The minimum atomic E-state index is -5.14. The summed E-state index contributed by atoms with van der Waals surface area (Å²) in [5.74, 6) is -3.74. The van der Waals surface area contributed by atoms with Crippen molar-refractivity contribution in [1.29, 1.82) is 0 Å². The van der Waals surface area contributed by atoms with E-state index in [2.05, 4.69) is 4.74 Å². The molecule has 0 aliphatic carbocycles. The average molecular weight is 312 g/mol. The topological polar surface area (TPSA) is 119 Å². The van der Waals surface area contributed by atoms with Crippen LogP contribution in [0.2, 0.25) is 0 Å². The smallest absolute Gasteiger partial charge is 0.369 e. The van der Waals surface area contributed by atoms with Gasteiger partial charge in [0.15, 0.2) is 0 Å². The third-order valence-electron chi connectivity index (χ3n) is 2.59. The lowest BCUT2D eigenvalue weighted by Gasteiger charge is -2.34. The van der Waals surface area contributed by atoms with E-state index < -0.39 is 30.8 Å². The van der Waals surface area contributed by atoms with Gasteiger partial charge in [0, 0.05) is 6.61 Å². The van der Waals surface area contributed by atoms with Gasteiger partial charge in [-0.05, 0) is 27.7 Å². The van der Waals surface area contributed by atoms with Crippen molar-refractivity contribution in [2.75, 3.05) is 19.8 Å². The zero-order chi connectivity index (χ0) is 16.0. The first-order valence-corrected chi connectivity index (χ1v) is 7.83. The Bertz CT molecular complexity index is 390. The Labute approximate surface area is 117 Å². The van der Waals surface area contributed by atoms with E-state index in [9.17, 15) is 23.9 Å². The first-order chi connectivity index (χ1) is 9.18. The molecule has 0 aliphatic heterocycles. The van der Waals surface area contributed by atoms with E-state index in [-0.39, 0.29) is 19.8 Å². The van der Waals surface area contributed by atoms with Crippen LogP contribution in [0.3, 0.4) is 0 Å². The van der Waals surface area contributed by atoms with Crippen LogP contribution in [-0.2, 0) is 28.4 Å². The largest absolute Gasteiger partial charge is 0.466 e. The van der Waals surface area contributed by atoms with E-state index in [0.29, 0.717) is 0 Å². The zero-order valence-corrected chi connectivity index (χ0v) is 12.9. The standard InChI is InChI=1S/C11H21O8P/c1-5-17-9(12)8(4)11(19-7-3,20(14,15)16)10(13)18-6-2/h8H,5-7H2,1-4H3,(H2,14,15,16). The molecule has 0 aromatic heterocycles. The van der Waals surface area contributed by atoms with Crippen molar-refractivity contribution >= 4 is 19.5 Å². The molecule has 0 spiro atoms. The molecule has 9 heteroatoms. The van der Waals surface area contributed by atoms with Gasteiger partial charge in [-0.15, -0.1) is 0 Å². The van der Waals surface area contributed by atoms with Gasteiger partial charge in [-0.2, -0.15) is 0 Å². The highest BCUT2D eigenvalue weighted by molar-refractivity contribution is 7.54. The summed E-state index contributed by atoms with van der Waals surface area (Å²) in [6.07, 6.45) is 0. The van der Waals surface area contributed by atoms with Gasteiger partial charge in [0.25, 0.3) is 5.34 Å². The van der Waals surface area contributed by atoms with Crippen molar-refractivity contribution in [1.82, 2.24) is 0 Å². The second-order valence-electron chi connectivity index (χ2n) is 3.87. The summed E-state index contributed by atoms with van der Waals surface area (Å²) in [7, 11) is -5.14. The third kappa shape index (κ3) is 3.79. The zero-order valence-electron chi connectivity index (χ0n) is 12.0. The lowest BCUT2D eigenvalue weighted by molar-refractivity contribution is -0.177. The molecule has 0 aromatic rings. The molecule has 0 rings (SSSR count). The summed E-state index contributed by atoms with van der Waals surface area (Å²) in [6, 6.07) is 0. The predicted molar refractivity (Wildman–Crippen MR) is 68.8 cm³/mol. The van der Waals surface area contributed by atoms with Crippen LogP contribution >= 0.6 is 7.60 Å². The maximum Gasteiger partial charge on any atom is 0.369 e. The van der Waals surface area contributed by atoms with Gasteiger partial charge in [-0.25, -0.2) is 4.79 Å². The number of rotatable bonds is 8. The molecular formula is C11H21O8P. The second kappa shape index (κ2) is 7.73. The second-order valence-corrected chi connectivity index (χ2v) is 5.62. The van der Waals surface area contributed by atoms with Crippen molar-refractivity contribution in [3.8, 4) is 0 Å². The summed E-state index contributed by atoms with van der Waals surface area (Å²) in [6.45, 7) is 5.33. The van der Waals surface area contributed by atoms with E-state index >= 15 is 0 Å². The molecule has 20 heavy (non-hydrogen) atoms. The Morgan fingerprint density at radius 3 is 1.95 bits per heavy atom. The van der Waals surface area contributed by atoms with Crippen LogP contribution in [0.4, 0.5) is 0 Å². The van der Waals surface area contributed by atoms with Crippen LogP contribution < -0.4 is 0 Å². The van der Waals surface area contributed by atoms with Gasteiger partial charge in [-0.1, -0.05) is 0 Å². The van der Waals surface area contributed by atoms with Crippen LogP contribution in [0.25, 0.3) is 0 Å². The number of ether oxygens (including phenoxy) is 3. The molecule has 0 fully saturated rings. The summed E-state index contributed by atoms with van der Waals surface area (Å²) in [4.78, 5) is 42.8. The molecule has 0 saturated carbocycles. The van der Waals surface area contributed by atoms with Gasteiger partial charge in [-0.3, -0.25) is 9.36 Å². The molecule has 0 amide bonds. The van der Waals surface area contributed by atoms with Gasteiger partial charge in [0.2, 0.25) is 0 Å². The minimum absolute atomic E-state index is 0.00929. The Morgan fingerprint density at radius 2 is 1.60 bits per heavy atom. The summed E-state index contributed by atoms with van der Waals surface area (Å²) in [5, 5.41) is -2.69. The predicted octanol–water partition coefficient (Wildman–Crippen LogP) is 0.659. The monoisotopic (exact) mass is 312 g/mol. The van der Waals surface area contributed by atoms with Gasteiger partial charge in [0.1, 0.15) is 5.92 Å². The van der Waals surface area contributed by atoms with Crippen LogP contribution in [0.1, 0.15) is 27.7 Å². The van der Waals surface area contributed by atoms with E-state index in [4.69, 9.17) is 9.47 Å². The molecule has 2 atom stereocenters. The SMILES string of the molecule is CCOC(=O)C(C)C(OCC)(C(=O)OCC)P(=O)(O)O. The highest BCUT2D eigenvalue weighted by Gasteiger charge is 2.63. The average Bonchev–Trinajstić information content (AvgIpc) is 2.34. The third-order valence-corrected chi connectivity index (χ3v) is 4.16. The molecule has 2 N–H and O–H groups in total. The molecule has 2 unspecified atom stereocenters. The van der Waals surface area contributed by atoms with E-state index in [1.54, 1.807) is 0 Å². The van der Waals surface area contributed by atoms with Gasteiger partial charge >= 0.3 is 19.5 Å². The molecule has 0 radical (unpaired) electrons. The highest BCUT2D eigenvalue weighted by atomic mass is 31.2. The number of carbonyl (C=O) groups is 2. The highest BCUT2D eigenvalue weighted by Crippen LogP contribution is 2.56. The fraction of sp³-hybridized carbons (Fsp3) is 0.818. The lowest BCUT2D eigenvalue weighted by Crippen LogP contribution is -2.51. The molecule has 118 valence electrons. The summed E-state index contributed by atoms with van der Waals surface area (Å²) in [5.41, 5.74) is 0. The van der Waals surface area contributed by atoms with E-state index in [1.165, 1.54) is 20.8 Å². The number of esters is 2. The molecule has 0 aromatic carbocycles. The van der Waals surface area contributed by atoms with Crippen LogP contribution in [0, 0.1) is 5.92 Å². The maximum absolute atomic E-state index is 12.0. The van der Waals surface area contributed by atoms with Crippen molar-refractivity contribution in [2.24, 2.45) is 5.92 Å². The van der Waals surface area contributed by atoms with E-state index in [1.807, 2.05) is 0 Å². The lowest BCUT2D eigenvalue weighted by atomic mass is 10.0. The molecular weight excluding hydrogens is 291 g/mol. The molecule has 0 heterocycles. The Balaban J connectivity index is 5.80.